The number of hydrogen-bond acceptors (Lipinski definition) is 3. The average Bonchev–Trinajstić information content (AvgIpc) is 2.28. The minimum atomic E-state index is -0.329. The number of anilines is 1. The van der Waals surface area contributed by atoms with Gasteiger partial charge in [-0.3, -0.25) is 10.1 Å². The van der Waals surface area contributed by atoms with Crippen molar-refractivity contribution < 1.29 is 4.92 Å². The summed E-state index contributed by atoms with van der Waals surface area (Å²) in [7, 11) is 0. The smallest absolute Gasteiger partial charge is 0.274 e. The first kappa shape index (κ1) is 13.5. The van der Waals surface area contributed by atoms with Gasteiger partial charge in [-0.2, -0.15) is 0 Å². The number of nitro groups is 1. The molecule has 2 N–H and O–H groups in total. The van der Waals surface area contributed by atoms with Gasteiger partial charge in [0.25, 0.3) is 5.69 Å². The van der Waals surface area contributed by atoms with Gasteiger partial charge in [-0.25, -0.2) is 0 Å². The van der Waals surface area contributed by atoms with Crippen molar-refractivity contribution in [2.24, 2.45) is 0 Å². The van der Waals surface area contributed by atoms with Crippen LogP contribution in [-0.4, -0.2) is 4.92 Å². The zero-order valence-corrected chi connectivity index (χ0v) is 10.5. The maximum absolute atomic E-state index is 11.0. The van der Waals surface area contributed by atoms with Crippen LogP contribution in [0.25, 0.3) is 0 Å². The van der Waals surface area contributed by atoms with E-state index in [1.165, 1.54) is 6.07 Å². The second-order valence-electron chi connectivity index (χ2n) is 4.35. The van der Waals surface area contributed by atoms with Crippen molar-refractivity contribution in [2.45, 2.75) is 45.4 Å². The Morgan fingerprint density at radius 2 is 1.88 bits per heavy atom. The fourth-order valence-corrected chi connectivity index (χ4v) is 2.22. The third-order valence-corrected chi connectivity index (χ3v) is 2.97. The number of nitrogen functional groups attached to an aromatic ring is 1. The summed E-state index contributed by atoms with van der Waals surface area (Å²) in [6.07, 6.45) is 4.04. The van der Waals surface area contributed by atoms with Gasteiger partial charge in [-0.1, -0.05) is 26.7 Å². The quantitative estimate of drug-likeness (QED) is 0.463. The lowest BCUT2D eigenvalue weighted by atomic mass is 9.89. The molecule has 0 fully saturated rings. The van der Waals surface area contributed by atoms with E-state index in [9.17, 15) is 10.1 Å². The minimum absolute atomic E-state index is 0.164. The molecule has 0 amide bonds. The van der Waals surface area contributed by atoms with Crippen molar-refractivity contribution in [3.05, 3.63) is 33.9 Å². The van der Waals surface area contributed by atoms with Crippen molar-refractivity contribution in [1.82, 2.24) is 0 Å². The molecule has 94 valence electrons. The molecule has 17 heavy (non-hydrogen) atoms. The normalized spacial score (nSPS) is 10.8. The molecule has 0 atom stereocenters. The maximum Gasteiger partial charge on any atom is 0.274 e. The van der Waals surface area contributed by atoms with Crippen LogP contribution in [0, 0.1) is 10.1 Å². The Balaban J connectivity index is 3.12. The molecule has 0 aliphatic carbocycles. The van der Waals surface area contributed by atoms with Gasteiger partial charge in [0.2, 0.25) is 0 Å². The molecule has 0 heterocycles. The summed E-state index contributed by atoms with van der Waals surface area (Å²) in [4.78, 5) is 10.7. The average molecular weight is 236 g/mol. The highest BCUT2D eigenvalue weighted by Crippen LogP contribution is 2.34. The van der Waals surface area contributed by atoms with Crippen molar-refractivity contribution in [3.63, 3.8) is 0 Å². The molecule has 0 unspecified atom stereocenters. The van der Waals surface area contributed by atoms with E-state index < -0.39 is 0 Å². The fourth-order valence-electron chi connectivity index (χ4n) is 2.22. The number of nitro benzene ring substituents is 1. The Labute approximate surface area is 102 Å². The largest absolute Gasteiger partial charge is 0.399 e. The van der Waals surface area contributed by atoms with Crippen LogP contribution in [0.4, 0.5) is 11.4 Å². The van der Waals surface area contributed by atoms with Crippen LogP contribution < -0.4 is 5.73 Å². The molecule has 1 rings (SSSR count). The van der Waals surface area contributed by atoms with E-state index in [4.69, 9.17) is 5.73 Å². The molecular formula is C13H20N2O2. The molecule has 0 saturated carbocycles. The minimum Gasteiger partial charge on any atom is -0.399 e. The zero-order chi connectivity index (χ0) is 12.8. The fraction of sp³-hybridized carbons (Fsp3) is 0.538. The summed E-state index contributed by atoms with van der Waals surface area (Å²) in [5, 5.41) is 11.0. The van der Waals surface area contributed by atoms with Crippen molar-refractivity contribution in [1.29, 1.82) is 0 Å². The summed E-state index contributed by atoms with van der Waals surface area (Å²) in [5.41, 5.74) is 7.05. The number of nitrogens with two attached hydrogens (primary N) is 1. The highest BCUT2D eigenvalue weighted by molar-refractivity contribution is 5.53. The molecule has 0 saturated heterocycles. The lowest BCUT2D eigenvalue weighted by Gasteiger charge is -2.16. The SMILES string of the molecule is CCCC(CCC)c1ccc(N)cc1[N+](=O)[O-]. The predicted octanol–water partition coefficient (Wildman–Crippen LogP) is 3.86. The van der Waals surface area contributed by atoms with Gasteiger partial charge in [-0.05, 0) is 30.9 Å². The maximum atomic E-state index is 11.0. The molecule has 4 heteroatoms. The number of nitrogens with zero attached hydrogens (tertiary/aromatic N) is 1. The van der Waals surface area contributed by atoms with E-state index in [2.05, 4.69) is 13.8 Å². The van der Waals surface area contributed by atoms with Gasteiger partial charge in [-0.15, -0.1) is 0 Å². The monoisotopic (exact) mass is 236 g/mol. The van der Waals surface area contributed by atoms with Crippen LogP contribution in [0.1, 0.15) is 51.0 Å². The van der Waals surface area contributed by atoms with Gasteiger partial charge < -0.3 is 5.73 Å². The van der Waals surface area contributed by atoms with E-state index in [1.807, 2.05) is 6.07 Å². The second-order valence-corrected chi connectivity index (χ2v) is 4.35. The van der Waals surface area contributed by atoms with Crippen molar-refractivity contribution in [2.75, 3.05) is 5.73 Å². The Bertz CT molecular complexity index is 385. The summed E-state index contributed by atoms with van der Waals surface area (Å²) >= 11 is 0. The molecule has 1 aromatic rings. The van der Waals surface area contributed by atoms with Crippen molar-refractivity contribution >= 4 is 11.4 Å². The topological polar surface area (TPSA) is 69.2 Å². The standard InChI is InChI=1S/C13H20N2O2/c1-3-5-10(6-4-2)12-8-7-11(14)9-13(12)15(16)17/h7-10H,3-6,14H2,1-2H3. The summed E-state index contributed by atoms with van der Waals surface area (Å²) in [6.45, 7) is 4.21. The van der Waals surface area contributed by atoms with E-state index >= 15 is 0 Å². The van der Waals surface area contributed by atoms with Gasteiger partial charge in [0.05, 0.1) is 4.92 Å². The number of hydrogen-bond donors (Lipinski definition) is 1. The number of benzene rings is 1. The summed E-state index contributed by atoms with van der Waals surface area (Å²) in [6, 6.07) is 5.03. The highest BCUT2D eigenvalue weighted by atomic mass is 16.6. The third-order valence-electron chi connectivity index (χ3n) is 2.97. The first-order valence-electron chi connectivity index (χ1n) is 6.13. The molecule has 0 bridgehead atoms. The lowest BCUT2D eigenvalue weighted by Crippen LogP contribution is -2.04. The molecular weight excluding hydrogens is 216 g/mol. The van der Waals surface area contributed by atoms with Crippen LogP contribution >= 0.6 is 0 Å². The van der Waals surface area contributed by atoms with E-state index in [0.29, 0.717) is 5.69 Å². The Hall–Kier alpha value is -1.58. The predicted molar refractivity (Wildman–Crippen MR) is 70.1 cm³/mol. The van der Waals surface area contributed by atoms with Crippen LogP contribution in [-0.2, 0) is 0 Å². The molecule has 0 aliphatic rings. The first-order chi connectivity index (χ1) is 8.10. The molecule has 0 spiro atoms. The van der Waals surface area contributed by atoms with Gasteiger partial charge in [0.15, 0.2) is 0 Å². The van der Waals surface area contributed by atoms with Gasteiger partial charge in [0.1, 0.15) is 0 Å². The number of rotatable bonds is 6. The first-order valence-corrected chi connectivity index (χ1v) is 6.13. The van der Waals surface area contributed by atoms with Gasteiger partial charge in [0, 0.05) is 17.3 Å². The van der Waals surface area contributed by atoms with Gasteiger partial charge >= 0.3 is 0 Å². The molecule has 0 aliphatic heterocycles. The zero-order valence-electron chi connectivity index (χ0n) is 10.5. The van der Waals surface area contributed by atoms with Crippen molar-refractivity contribution in [3.8, 4) is 0 Å². The van der Waals surface area contributed by atoms with E-state index in [-0.39, 0.29) is 16.5 Å². The van der Waals surface area contributed by atoms with Crippen LogP contribution in [0.5, 0.6) is 0 Å². The highest BCUT2D eigenvalue weighted by Gasteiger charge is 2.21. The molecule has 0 aromatic heterocycles. The van der Waals surface area contributed by atoms with Crippen LogP contribution in [0.2, 0.25) is 0 Å². The second kappa shape index (κ2) is 6.23. The Morgan fingerprint density at radius 3 is 2.35 bits per heavy atom. The molecule has 4 nitrogen and oxygen atoms in total. The third kappa shape index (κ3) is 3.44. The molecule has 1 aromatic carbocycles. The summed E-state index contributed by atoms with van der Waals surface area (Å²) in [5.74, 6) is 0.269. The van der Waals surface area contributed by atoms with Crippen LogP contribution in [0.15, 0.2) is 18.2 Å². The molecule has 0 radical (unpaired) electrons. The van der Waals surface area contributed by atoms with E-state index in [0.717, 1.165) is 31.2 Å². The lowest BCUT2D eigenvalue weighted by molar-refractivity contribution is -0.385. The Morgan fingerprint density at radius 1 is 1.29 bits per heavy atom. The Kier molecular flexibility index (Phi) is 4.94. The summed E-state index contributed by atoms with van der Waals surface area (Å²) < 4.78 is 0. The van der Waals surface area contributed by atoms with Crippen LogP contribution in [0.3, 0.4) is 0 Å². The van der Waals surface area contributed by atoms with E-state index in [1.54, 1.807) is 6.07 Å².